The number of rotatable bonds is 0. The molecule has 5 aliphatic carbocycles. The molecule has 1 N–H and O–H groups in total. The number of aliphatic hydroxyl groups is 1. The maximum absolute atomic E-state index is 14.2. The van der Waals surface area contributed by atoms with Crippen molar-refractivity contribution >= 4 is 11.6 Å². The molecule has 0 aromatic carbocycles. The van der Waals surface area contributed by atoms with Crippen LogP contribution in [0.1, 0.15) is 113 Å². The molecule has 0 spiro atoms. The van der Waals surface area contributed by atoms with E-state index in [1.165, 1.54) is 12.0 Å². The van der Waals surface area contributed by atoms with E-state index in [0.717, 1.165) is 44.1 Å². The molecule has 3 heteroatoms. The van der Waals surface area contributed by atoms with Crippen LogP contribution in [0.4, 0.5) is 0 Å². The summed E-state index contributed by atoms with van der Waals surface area (Å²) in [5, 5.41) is 10.8. The van der Waals surface area contributed by atoms with Crippen molar-refractivity contribution in [3.05, 3.63) is 11.1 Å². The second kappa shape index (κ2) is 6.62. The maximum atomic E-state index is 14.2. The summed E-state index contributed by atoms with van der Waals surface area (Å²) < 4.78 is 0. The quantitative estimate of drug-likeness (QED) is 0.445. The van der Waals surface area contributed by atoms with Gasteiger partial charge in [-0.15, -0.1) is 0 Å². The number of fused-ring (bicyclic) bond motifs is 6. The molecule has 0 aromatic rings. The van der Waals surface area contributed by atoms with Crippen LogP contribution in [0.15, 0.2) is 11.1 Å². The number of allylic oxidation sites excluding steroid dienone is 2. The van der Waals surface area contributed by atoms with Crippen LogP contribution >= 0.6 is 0 Å². The van der Waals surface area contributed by atoms with Gasteiger partial charge in [0.1, 0.15) is 5.78 Å². The number of carbonyl (C=O) groups is 2. The molecule has 5 aliphatic rings. The van der Waals surface area contributed by atoms with Crippen LogP contribution in [0.2, 0.25) is 0 Å². The lowest BCUT2D eigenvalue weighted by atomic mass is 9.35. The van der Waals surface area contributed by atoms with Crippen molar-refractivity contribution in [3.63, 3.8) is 0 Å². The average molecular weight is 455 g/mol. The summed E-state index contributed by atoms with van der Waals surface area (Å²) >= 11 is 0. The Morgan fingerprint density at radius 1 is 0.848 bits per heavy atom. The zero-order valence-corrected chi connectivity index (χ0v) is 22.4. The Morgan fingerprint density at radius 3 is 2.18 bits per heavy atom. The topological polar surface area (TPSA) is 54.4 Å². The summed E-state index contributed by atoms with van der Waals surface area (Å²) in [5.74, 6) is 1.13. The molecule has 5 rings (SSSR count). The summed E-state index contributed by atoms with van der Waals surface area (Å²) in [6, 6.07) is 0. The lowest BCUT2D eigenvalue weighted by molar-refractivity contribution is -0.175. The smallest absolute Gasteiger partial charge is 0.160 e. The van der Waals surface area contributed by atoms with Crippen LogP contribution in [0.3, 0.4) is 0 Å². The van der Waals surface area contributed by atoms with Crippen molar-refractivity contribution < 1.29 is 14.7 Å². The highest BCUT2D eigenvalue weighted by molar-refractivity contribution is 6.07. The molecule has 0 heterocycles. The minimum Gasteiger partial charge on any atom is -0.393 e. The molecule has 0 saturated heterocycles. The predicted octanol–water partition coefficient (Wildman–Crippen LogP) is 6.67. The van der Waals surface area contributed by atoms with Crippen LogP contribution < -0.4 is 0 Å². The van der Waals surface area contributed by atoms with Crippen molar-refractivity contribution in [3.8, 4) is 0 Å². The first-order valence-corrected chi connectivity index (χ1v) is 13.5. The summed E-state index contributed by atoms with van der Waals surface area (Å²) in [7, 11) is 0. The minimum absolute atomic E-state index is 0.0556. The minimum atomic E-state index is -0.677. The zero-order chi connectivity index (χ0) is 24.4. The standard InChI is InChI=1S/C30H46O3/c1-25(2)13-14-27(5)17-23(33)30(8)24-18(9-12-29(30,7)21(27)16-25)28(6)11-10-22(32)26(3,4)20(28)15-19(24)31/h20-22,32H,9-17H2,1-8H3/t20-,21+,22-,27+,28+,29-,30+/m0/s1. The number of Topliss-reactive ketones (excluding diaryl/α,β-unsaturated/α-hetero) is 2. The van der Waals surface area contributed by atoms with Crippen LogP contribution in [-0.2, 0) is 9.59 Å². The first kappa shape index (κ1) is 23.8. The fourth-order valence-corrected chi connectivity index (χ4v) is 9.97. The Kier molecular flexibility index (Phi) is 4.77. The fraction of sp³-hybridized carbons (Fsp3) is 0.867. The molecule has 0 aromatic heterocycles. The molecular formula is C30H46O3. The van der Waals surface area contributed by atoms with E-state index in [-0.39, 0.29) is 39.5 Å². The Morgan fingerprint density at radius 2 is 1.52 bits per heavy atom. The molecule has 0 unspecified atom stereocenters. The summed E-state index contributed by atoms with van der Waals surface area (Å²) in [6.45, 7) is 18.3. The van der Waals surface area contributed by atoms with Gasteiger partial charge in [-0.3, -0.25) is 9.59 Å². The van der Waals surface area contributed by atoms with Gasteiger partial charge >= 0.3 is 0 Å². The highest BCUT2D eigenvalue weighted by Gasteiger charge is 2.70. The predicted molar refractivity (Wildman–Crippen MR) is 132 cm³/mol. The first-order chi connectivity index (χ1) is 15.0. The third-order valence-electron chi connectivity index (χ3n) is 12.5. The van der Waals surface area contributed by atoms with Crippen LogP contribution in [0, 0.1) is 44.3 Å². The fourth-order valence-electron chi connectivity index (χ4n) is 9.97. The van der Waals surface area contributed by atoms with Gasteiger partial charge in [-0.25, -0.2) is 0 Å². The Balaban J connectivity index is 1.69. The summed E-state index contributed by atoms with van der Waals surface area (Å²) in [4.78, 5) is 28.2. The van der Waals surface area contributed by atoms with Gasteiger partial charge in [-0.2, -0.15) is 0 Å². The Bertz CT molecular complexity index is 956. The second-order valence-corrected chi connectivity index (χ2v) is 15.0. The monoisotopic (exact) mass is 454 g/mol. The molecule has 0 amide bonds. The summed E-state index contributed by atoms with van der Waals surface area (Å²) in [6.07, 6.45) is 7.83. The van der Waals surface area contributed by atoms with Crippen molar-refractivity contribution in [1.82, 2.24) is 0 Å². The Labute approximate surface area is 201 Å². The van der Waals surface area contributed by atoms with Gasteiger partial charge in [-0.05, 0) is 90.8 Å². The third kappa shape index (κ3) is 2.78. The normalized spacial score (nSPS) is 50.8. The van der Waals surface area contributed by atoms with E-state index < -0.39 is 5.41 Å². The van der Waals surface area contributed by atoms with Gasteiger partial charge in [0, 0.05) is 18.4 Å². The van der Waals surface area contributed by atoms with Crippen LogP contribution in [0.5, 0.6) is 0 Å². The van der Waals surface area contributed by atoms with Crippen molar-refractivity contribution in [2.24, 2.45) is 44.3 Å². The van der Waals surface area contributed by atoms with E-state index in [4.69, 9.17) is 0 Å². The molecule has 184 valence electrons. The van der Waals surface area contributed by atoms with E-state index in [9.17, 15) is 14.7 Å². The van der Waals surface area contributed by atoms with Crippen molar-refractivity contribution in [2.75, 3.05) is 0 Å². The molecule has 3 nitrogen and oxygen atoms in total. The first-order valence-electron chi connectivity index (χ1n) is 13.5. The highest BCUT2D eigenvalue weighted by Crippen LogP contribution is 2.73. The maximum Gasteiger partial charge on any atom is 0.160 e. The molecule has 0 radical (unpaired) electrons. The van der Waals surface area contributed by atoms with E-state index in [0.29, 0.717) is 30.0 Å². The van der Waals surface area contributed by atoms with Crippen LogP contribution in [-0.4, -0.2) is 22.8 Å². The summed E-state index contributed by atoms with van der Waals surface area (Å²) in [5.41, 5.74) is 1.32. The van der Waals surface area contributed by atoms with Crippen molar-refractivity contribution in [2.45, 2.75) is 119 Å². The van der Waals surface area contributed by atoms with E-state index in [1.807, 2.05) is 0 Å². The molecule has 7 atom stereocenters. The number of ketones is 2. The lowest BCUT2D eigenvalue weighted by Crippen LogP contribution is -2.65. The highest BCUT2D eigenvalue weighted by atomic mass is 16.3. The lowest BCUT2D eigenvalue weighted by Gasteiger charge is -2.68. The molecule has 0 bridgehead atoms. The van der Waals surface area contributed by atoms with E-state index in [1.54, 1.807) is 0 Å². The van der Waals surface area contributed by atoms with E-state index in [2.05, 4.69) is 55.4 Å². The largest absolute Gasteiger partial charge is 0.393 e. The van der Waals surface area contributed by atoms with Gasteiger partial charge in [0.25, 0.3) is 0 Å². The number of carbonyl (C=O) groups excluding carboxylic acids is 2. The zero-order valence-electron chi connectivity index (χ0n) is 22.4. The second-order valence-electron chi connectivity index (χ2n) is 15.0. The molecule has 3 saturated carbocycles. The van der Waals surface area contributed by atoms with Gasteiger partial charge in [0.15, 0.2) is 5.78 Å². The van der Waals surface area contributed by atoms with E-state index >= 15 is 0 Å². The number of hydrogen-bond acceptors (Lipinski definition) is 3. The molecule has 33 heavy (non-hydrogen) atoms. The van der Waals surface area contributed by atoms with Gasteiger partial charge in [0.2, 0.25) is 0 Å². The molecule has 3 fully saturated rings. The SMILES string of the molecule is CC1(C)CC[C@]2(C)CC(=O)[C@]3(C)C4=C(CC[C@@]3(C)[C@@H]2C1)[C@@]1(C)CC[C@H](O)C(C)(C)[C@@H]1CC4=O. The van der Waals surface area contributed by atoms with Gasteiger partial charge < -0.3 is 5.11 Å². The van der Waals surface area contributed by atoms with Gasteiger partial charge in [0.05, 0.1) is 11.5 Å². The third-order valence-corrected chi connectivity index (χ3v) is 12.5. The van der Waals surface area contributed by atoms with Crippen LogP contribution in [0.25, 0.3) is 0 Å². The molecular weight excluding hydrogens is 408 g/mol. The number of aliphatic hydroxyl groups excluding tert-OH is 1. The molecule has 0 aliphatic heterocycles. The average Bonchev–Trinajstić information content (AvgIpc) is 2.71. The van der Waals surface area contributed by atoms with Crippen molar-refractivity contribution in [1.29, 1.82) is 0 Å². The number of hydrogen-bond donors (Lipinski definition) is 1. The Hall–Kier alpha value is -0.960. The van der Waals surface area contributed by atoms with Gasteiger partial charge in [-0.1, -0.05) is 54.0 Å².